The summed E-state index contributed by atoms with van der Waals surface area (Å²) in [7, 11) is 0. The molecule has 0 radical (unpaired) electrons. The van der Waals surface area contributed by atoms with Crippen molar-refractivity contribution < 1.29 is 14.7 Å². The number of benzene rings is 1. The van der Waals surface area contributed by atoms with Crippen LogP contribution in [0.2, 0.25) is 0 Å². The summed E-state index contributed by atoms with van der Waals surface area (Å²) >= 11 is 0. The average molecular weight is 327 g/mol. The molecule has 4 saturated carbocycles. The average Bonchev–Trinajstić information content (AvgIpc) is 2.51. The van der Waals surface area contributed by atoms with Gasteiger partial charge in [-0.1, -0.05) is 17.7 Å². The first-order valence-corrected chi connectivity index (χ1v) is 9.05. The van der Waals surface area contributed by atoms with Crippen LogP contribution < -0.4 is 5.32 Å². The second kappa shape index (κ2) is 5.61. The third kappa shape index (κ3) is 2.62. The van der Waals surface area contributed by atoms with Crippen molar-refractivity contribution in [3.8, 4) is 0 Å². The van der Waals surface area contributed by atoms with E-state index in [1.165, 1.54) is 19.3 Å². The zero-order valence-electron chi connectivity index (χ0n) is 14.1. The van der Waals surface area contributed by atoms with E-state index in [9.17, 15) is 14.7 Å². The summed E-state index contributed by atoms with van der Waals surface area (Å²) in [6.07, 6.45) is 6.67. The van der Waals surface area contributed by atoms with Gasteiger partial charge in [-0.25, -0.2) is 4.79 Å². The van der Waals surface area contributed by atoms with Crippen LogP contribution in [0, 0.1) is 30.1 Å². The number of aryl methyl sites for hydroxylation is 1. The summed E-state index contributed by atoms with van der Waals surface area (Å²) < 4.78 is 0. The van der Waals surface area contributed by atoms with E-state index in [0.717, 1.165) is 24.8 Å². The first kappa shape index (κ1) is 15.7. The van der Waals surface area contributed by atoms with Crippen LogP contribution in [-0.2, 0) is 4.79 Å². The Balaban J connectivity index is 1.57. The summed E-state index contributed by atoms with van der Waals surface area (Å²) in [5.41, 5.74) is 1.39. The fourth-order valence-electron chi connectivity index (χ4n) is 5.93. The standard InChI is InChI=1S/C20H25NO3/c1-12-2-4-16(5-3-12)18(22)21-17(19(23)24)20-9-13-6-14(10-20)8-15(7-13)11-20/h2-5,13-15,17H,6-11H2,1H3,(H,21,22)(H,23,24)/t13?,14?,15?,17-,20?/m1/s1. The van der Waals surface area contributed by atoms with Gasteiger partial charge in [0.25, 0.3) is 5.91 Å². The van der Waals surface area contributed by atoms with E-state index in [-0.39, 0.29) is 11.3 Å². The summed E-state index contributed by atoms with van der Waals surface area (Å²) in [4.78, 5) is 24.6. The van der Waals surface area contributed by atoms with Gasteiger partial charge in [-0.15, -0.1) is 0 Å². The van der Waals surface area contributed by atoms with E-state index >= 15 is 0 Å². The molecule has 0 saturated heterocycles. The quantitative estimate of drug-likeness (QED) is 0.891. The molecule has 1 aromatic rings. The lowest BCUT2D eigenvalue weighted by Crippen LogP contribution is -2.59. The zero-order chi connectivity index (χ0) is 16.9. The van der Waals surface area contributed by atoms with Gasteiger partial charge in [0.1, 0.15) is 6.04 Å². The monoisotopic (exact) mass is 327 g/mol. The molecule has 2 N–H and O–H groups in total. The first-order chi connectivity index (χ1) is 11.4. The maximum atomic E-state index is 12.6. The minimum absolute atomic E-state index is 0.235. The van der Waals surface area contributed by atoms with Crippen LogP contribution in [0.1, 0.15) is 54.4 Å². The topological polar surface area (TPSA) is 66.4 Å². The molecular weight excluding hydrogens is 302 g/mol. The van der Waals surface area contributed by atoms with Crippen molar-refractivity contribution >= 4 is 11.9 Å². The molecule has 4 fully saturated rings. The molecule has 0 heterocycles. The number of carbonyl (C=O) groups excluding carboxylic acids is 1. The second-order valence-electron chi connectivity index (χ2n) is 8.39. The van der Waals surface area contributed by atoms with E-state index in [4.69, 9.17) is 0 Å². The number of carboxylic acid groups (broad SMARTS) is 1. The van der Waals surface area contributed by atoms with Crippen molar-refractivity contribution in [1.29, 1.82) is 0 Å². The lowest BCUT2D eigenvalue weighted by Gasteiger charge is -2.58. The zero-order valence-corrected chi connectivity index (χ0v) is 14.1. The Bertz CT molecular complexity index is 629. The molecule has 1 aromatic carbocycles. The van der Waals surface area contributed by atoms with E-state index < -0.39 is 12.0 Å². The minimum atomic E-state index is -0.877. The maximum Gasteiger partial charge on any atom is 0.326 e. The number of rotatable bonds is 4. The van der Waals surface area contributed by atoms with Gasteiger partial charge in [-0.05, 0) is 75.3 Å². The van der Waals surface area contributed by atoms with Crippen LogP contribution in [0.25, 0.3) is 0 Å². The summed E-state index contributed by atoms with van der Waals surface area (Å²) in [6.45, 7) is 1.97. The highest BCUT2D eigenvalue weighted by Gasteiger charge is 2.56. The van der Waals surface area contributed by atoms with E-state index in [0.29, 0.717) is 23.3 Å². The van der Waals surface area contributed by atoms with Gasteiger partial charge in [-0.3, -0.25) is 4.79 Å². The molecule has 0 spiro atoms. The molecule has 4 aliphatic rings. The van der Waals surface area contributed by atoms with Crippen LogP contribution in [0.15, 0.2) is 24.3 Å². The Kier molecular flexibility index (Phi) is 3.66. The van der Waals surface area contributed by atoms with Crippen molar-refractivity contribution in [3.05, 3.63) is 35.4 Å². The van der Waals surface area contributed by atoms with Gasteiger partial charge >= 0.3 is 5.97 Å². The smallest absolute Gasteiger partial charge is 0.326 e. The normalized spacial score (nSPS) is 34.8. The van der Waals surface area contributed by atoms with Crippen LogP contribution >= 0.6 is 0 Å². The van der Waals surface area contributed by atoms with Crippen LogP contribution in [-0.4, -0.2) is 23.0 Å². The van der Waals surface area contributed by atoms with Crippen LogP contribution in [0.4, 0.5) is 0 Å². The summed E-state index contributed by atoms with van der Waals surface area (Å²) in [5, 5.41) is 12.7. The fourth-order valence-corrected chi connectivity index (χ4v) is 5.93. The molecule has 4 nitrogen and oxygen atoms in total. The lowest BCUT2D eigenvalue weighted by molar-refractivity contribution is -0.150. The minimum Gasteiger partial charge on any atom is -0.480 e. The highest BCUT2D eigenvalue weighted by Crippen LogP contribution is 2.61. The van der Waals surface area contributed by atoms with E-state index in [2.05, 4.69) is 5.32 Å². The molecule has 128 valence electrons. The highest BCUT2D eigenvalue weighted by molar-refractivity contribution is 5.96. The predicted molar refractivity (Wildman–Crippen MR) is 90.7 cm³/mol. The van der Waals surface area contributed by atoms with Crippen molar-refractivity contribution in [2.75, 3.05) is 0 Å². The molecule has 24 heavy (non-hydrogen) atoms. The highest BCUT2D eigenvalue weighted by atomic mass is 16.4. The third-order valence-electron chi connectivity index (χ3n) is 6.53. The van der Waals surface area contributed by atoms with Gasteiger partial charge in [0, 0.05) is 11.0 Å². The molecule has 4 heteroatoms. The Labute approximate surface area is 142 Å². The SMILES string of the molecule is Cc1ccc(C(=O)N[C@H](C(=O)O)C23CC4CC(CC(C4)C2)C3)cc1. The number of aliphatic carboxylic acids is 1. The number of carbonyl (C=O) groups is 2. The summed E-state index contributed by atoms with van der Waals surface area (Å²) in [5.74, 6) is 0.841. The maximum absolute atomic E-state index is 12.6. The molecular formula is C20H25NO3. The predicted octanol–water partition coefficient (Wildman–Crippen LogP) is 3.39. The molecule has 4 bridgehead atoms. The van der Waals surface area contributed by atoms with Gasteiger partial charge in [0.15, 0.2) is 0 Å². The largest absolute Gasteiger partial charge is 0.480 e. The lowest BCUT2D eigenvalue weighted by atomic mass is 9.47. The Morgan fingerprint density at radius 3 is 2.00 bits per heavy atom. The molecule has 1 amide bonds. The van der Waals surface area contributed by atoms with Crippen molar-refractivity contribution in [2.45, 2.75) is 51.5 Å². The summed E-state index contributed by atoms with van der Waals surface area (Å²) in [6, 6.07) is 6.54. The van der Waals surface area contributed by atoms with E-state index in [1.807, 2.05) is 19.1 Å². The number of amides is 1. The fraction of sp³-hybridized carbons (Fsp3) is 0.600. The van der Waals surface area contributed by atoms with Crippen molar-refractivity contribution in [1.82, 2.24) is 5.32 Å². The first-order valence-electron chi connectivity index (χ1n) is 9.05. The van der Waals surface area contributed by atoms with Crippen molar-refractivity contribution in [3.63, 3.8) is 0 Å². The third-order valence-corrected chi connectivity index (χ3v) is 6.53. The van der Waals surface area contributed by atoms with E-state index in [1.54, 1.807) is 12.1 Å². The van der Waals surface area contributed by atoms with Crippen LogP contribution in [0.3, 0.4) is 0 Å². The number of carboxylic acids is 1. The number of nitrogens with one attached hydrogen (secondary N) is 1. The van der Waals surface area contributed by atoms with Gasteiger partial charge < -0.3 is 10.4 Å². The molecule has 0 unspecified atom stereocenters. The van der Waals surface area contributed by atoms with Gasteiger partial charge in [0.2, 0.25) is 0 Å². The van der Waals surface area contributed by atoms with Crippen molar-refractivity contribution in [2.24, 2.45) is 23.2 Å². The Morgan fingerprint density at radius 2 is 1.54 bits per heavy atom. The van der Waals surface area contributed by atoms with Gasteiger partial charge in [-0.2, -0.15) is 0 Å². The van der Waals surface area contributed by atoms with Crippen LogP contribution in [0.5, 0.6) is 0 Å². The number of hydrogen-bond donors (Lipinski definition) is 2. The second-order valence-corrected chi connectivity index (χ2v) is 8.39. The molecule has 5 rings (SSSR count). The molecule has 0 aromatic heterocycles. The Morgan fingerprint density at radius 1 is 1.04 bits per heavy atom. The number of hydrogen-bond acceptors (Lipinski definition) is 2. The van der Waals surface area contributed by atoms with Gasteiger partial charge in [0.05, 0.1) is 0 Å². The molecule has 4 aliphatic carbocycles. The molecule has 0 aliphatic heterocycles. The Hall–Kier alpha value is -1.84. The molecule has 1 atom stereocenters.